The number of aldehydes is 1. The van der Waals surface area contributed by atoms with E-state index in [-0.39, 0.29) is 5.56 Å². The molecule has 10 heavy (non-hydrogen) atoms. The minimum atomic E-state index is -0.722. The lowest BCUT2D eigenvalue weighted by atomic mass is 10.4. The molecule has 1 rings (SSSR count). The molecule has 0 aromatic carbocycles. The molecule has 0 saturated carbocycles. The highest BCUT2D eigenvalue weighted by Crippen LogP contribution is 2.09. The van der Waals surface area contributed by atoms with Crippen LogP contribution in [0, 0.1) is 10.1 Å². The highest BCUT2D eigenvalue weighted by Gasteiger charge is 2.15. The molecule has 0 amide bonds. The van der Waals surface area contributed by atoms with Crippen LogP contribution in [-0.4, -0.2) is 21.4 Å². The van der Waals surface area contributed by atoms with Gasteiger partial charge in [0.15, 0.2) is 6.29 Å². The summed E-state index contributed by atoms with van der Waals surface area (Å²) in [7, 11) is 0. The number of carbonyl (C=O) groups excluding carboxylic acids is 1. The van der Waals surface area contributed by atoms with E-state index < -0.39 is 10.7 Å². The van der Waals surface area contributed by atoms with Gasteiger partial charge in [-0.25, -0.2) is 0 Å². The van der Waals surface area contributed by atoms with E-state index in [1.54, 1.807) is 0 Å². The summed E-state index contributed by atoms with van der Waals surface area (Å²) in [5.41, 5.74) is -0.0370. The lowest BCUT2D eigenvalue weighted by Gasteiger charge is -1.84. The average Bonchev–Trinajstić information content (AvgIpc) is 2.33. The van der Waals surface area contributed by atoms with Gasteiger partial charge in [0, 0.05) is 0 Å². The monoisotopic (exact) mass is 141 g/mol. The lowest BCUT2D eigenvalue weighted by Crippen LogP contribution is -1.91. The van der Waals surface area contributed by atoms with Crippen LogP contribution in [0.5, 0.6) is 0 Å². The Morgan fingerprint density at radius 1 is 1.80 bits per heavy atom. The fourth-order valence-electron chi connectivity index (χ4n) is 0.525. The Morgan fingerprint density at radius 3 is 2.90 bits per heavy atom. The smallest absolute Gasteiger partial charge is 0.358 e. The van der Waals surface area contributed by atoms with Crippen LogP contribution in [-0.2, 0) is 0 Å². The standard InChI is InChI=1S/C4H3N3O3/c8-2-3-1-5-6-4(3)7(9)10/h1-2H,(H,5,6). The number of nitro groups is 1. The van der Waals surface area contributed by atoms with Crippen molar-refractivity contribution >= 4 is 12.1 Å². The van der Waals surface area contributed by atoms with Crippen LogP contribution < -0.4 is 0 Å². The van der Waals surface area contributed by atoms with Gasteiger partial charge >= 0.3 is 5.82 Å². The predicted molar refractivity (Wildman–Crippen MR) is 30.6 cm³/mol. The highest BCUT2D eigenvalue weighted by atomic mass is 16.6. The van der Waals surface area contributed by atoms with Gasteiger partial charge in [-0.2, -0.15) is 5.10 Å². The molecule has 1 N–H and O–H groups in total. The summed E-state index contributed by atoms with van der Waals surface area (Å²) < 4.78 is 0. The average molecular weight is 141 g/mol. The summed E-state index contributed by atoms with van der Waals surface area (Å²) in [5.74, 6) is -0.435. The molecule has 1 aromatic heterocycles. The molecule has 0 fully saturated rings. The van der Waals surface area contributed by atoms with Crippen LogP contribution >= 0.6 is 0 Å². The third kappa shape index (κ3) is 0.859. The number of hydrogen-bond acceptors (Lipinski definition) is 4. The van der Waals surface area contributed by atoms with Crippen molar-refractivity contribution in [3.8, 4) is 0 Å². The maximum atomic E-state index is 10.0. The van der Waals surface area contributed by atoms with Crippen molar-refractivity contribution in [3.63, 3.8) is 0 Å². The molecule has 0 bridgehead atoms. The Kier molecular flexibility index (Phi) is 1.44. The third-order valence-corrected chi connectivity index (χ3v) is 0.949. The number of nitrogens with zero attached hydrogens (tertiary/aromatic N) is 2. The Morgan fingerprint density at radius 2 is 2.50 bits per heavy atom. The Balaban J connectivity index is 3.13. The van der Waals surface area contributed by atoms with Crippen LogP contribution in [0.15, 0.2) is 6.20 Å². The first-order chi connectivity index (χ1) is 4.75. The zero-order valence-electron chi connectivity index (χ0n) is 4.77. The minimum Gasteiger partial charge on any atom is -0.358 e. The van der Waals surface area contributed by atoms with Crippen molar-refractivity contribution < 1.29 is 9.72 Å². The second-order valence-electron chi connectivity index (χ2n) is 1.54. The van der Waals surface area contributed by atoms with E-state index >= 15 is 0 Å². The molecule has 6 nitrogen and oxygen atoms in total. The van der Waals surface area contributed by atoms with Gasteiger partial charge in [0.25, 0.3) is 0 Å². The van der Waals surface area contributed by atoms with Gasteiger partial charge in [-0.1, -0.05) is 0 Å². The molecule has 1 heterocycles. The second kappa shape index (κ2) is 2.26. The van der Waals surface area contributed by atoms with E-state index in [0.29, 0.717) is 6.29 Å². The normalized spacial score (nSPS) is 9.20. The van der Waals surface area contributed by atoms with Gasteiger partial charge < -0.3 is 10.1 Å². The minimum absolute atomic E-state index is 0.0370. The molecule has 0 spiro atoms. The maximum absolute atomic E-state index is 10.0. The molecular weight excluding hydrogens is 138 g/mol. The van der Waals surface area contributed by atoms with Gasteiger partial charge in [-0.3, -0.25) is 4.79 Å². The zero-order valence-corrected chi connectivity index (χ0v) is 4.77. The summed E-state index contributed by atoms with van der Waals surface area (Å²) in [6, 6.07) is 0. The third-order valence-electron chi connectivity index (χ3n) is 0.949. The Labute approximate surface area is 55.0 Å². The summed E-state index contributed by atoms with van der Waals surface area (Å²) in [5, 5.41) is 15.4. The SMILES string of the molecule is O=Cc1c[nH]nc1[N+](=O)[O-]. The molecule has 0 unspecified atom stereocenters. The van der Waals surface area contributed by atoms with Crippen molar-refractivity contribution in [1.82, 2.24) is 10.2 Å². The van der Waals surface area contributed by atoms with Crippen LogP contribution in [0.25, 0.3) is 0 Å². The topological polar surface area (TPSA) is 88.9 Å². The van der Waals surface area contributed by atoms with Crippen LogP contribution in [0.4, 0.5) is 5.82 Å². The number of carbonyl (C=O) groups is 1. The van der Waals surface area contributed by atoms with Crippen LogP contribution in [0.2, 0.25) is 0 Å². The van der Waals surface area contributed by atoms with Crippen molar-refractivity contribution in [2.24, 2.45) is 0 Å². The molecule has 0 aliphatic rings. The van der Waals surface area contributed by atoms with Gasteiger partial charge in [-0.05, 0) is 4.92 Å². The molecule has 6 heteroatoms. The quantitative estimate of drug-likeness (QED) is 0.360. The lowest BCUT2D eigenvalue weighted by molar-refractivity contribution is -0.389. The molecule has 1 aromatic rings. The highest BCUT2D eigenvalue weighted by molar-refractivity contribution is 5.79. The van der Waals surface area contributed by atoms with Gasteiger partial charge in [-0.15, -0.1) is 0 Å². The number of hydrogen-bond donors (Lipinski definition) is 1. The Hall–Kier alpha value is -1.72. The fourth-order valence-corrected chi connectivity index (χ4v) is 0.525. The van der Waals surface area contributed by atoms with Crippen molar-refractivity contribution in [1.29, 1.82) is 0 Å². The largest absolute Gasteiger partial charge is 0.400 e. The van der Waals surface area contributed by atoms with E-state index in [0.717, 1.165) is 0 Å². The number of rotatable bonds is 2. The number of H-pyrrole nitrogens is 1. The zero-order chi connectivity index (χ0) is 7.56. The summed E-state index contributed by atoms with van der Waals surface area (Å²) in [6.07, 6.45) is 1.55. The molecule has 52 valence electrons. The fraction of sp³-hybridized carbons (Fsp3) is 0. The molecule has 0 radical (unpaired) electrons. The van der Waals surface area contributed by atoms with Crippen LogP contribution in [0.3, 0.4) is 0 Å². The second-order valence-corrected chi connectivity index (χ2v) is 1.54. The predicted octanol–water partition coefficient (Wildman–Crippen LogP) is 0.130. The number of aromatic amines is 1. The van der Waals surface area contributed by atoms with E-state index in [2.05, 4.69) is 10.2 Å². The summed E-state index contributed by atoms with van der Waals surface area (Å²) >= 11 is 0. The molecule has 0 aliphatic heterocycles. The molecule has 0 aliphatic carbocycles. The molecular formula is C4H3N3O3. The van der Waals surface area contributed by atoms with E-state index in [9.17, 15) is 14.9 Å². The molecule has 0 atom stereocenters. The van der Waals surface area contributed by atoms with E-state index in [1.807, 2.05) is 0 Å². The number of nitrogens with one attached hydrogen (secondary N) is 1. The summed E-state index contributed by atoms with van der Waals surface area (Å²) in [6.45, 7) is 0. The van der Waals surface area contributed by atoms with Crippen molar-refractivity contribution in [2.45, 2.75) is 0 Å². The van der Waals surface area contributed by atoms with Crippen LogP contribution in [0.1, 0.15) is 10.4 Å². The van der Waals surface area contributed by atoms with E-state index in [1.165, 1.54) is 6.20 Å². The first-order valence-corrected chi connectivity index (χ1v) is 2.39. The maximum Gasteiger partial charge on any atom is 0.400 e. The van der Waals surface area contributed by atoms with Gasteiger partial charge in [0.1, 0.15) is 5.56 Å². The number of aromatic nitrogens is 2. The van der Waals surface area contributed by atoms with Gasteiger partial charge in [0.05, 0.1) is 11.3 Å². The molecule has 0 saturated heterocycles. The Bertz CT molecular complexity index is 266. The van der Waals surface area contributed by atoms with Crippen molar-refractivity contribution in [2.75, 3.05) is 0 Å². The first kappa shape index (κ1) is 6.40. The van der Waals surface area contributed by atoms with Gasteiger partial charge in [0.2, 0.25) is 0 Å². The summed E-state index contributed by atoms with van der Waals surface area (Å²) in [4.78, 5) is 19.3. The van der Waals surface area contributed by atoms with E-state index in [4.69, 9.17) is 0 Å². The first-order valence-electron chi connectivity index (χ1n) is 2.39. The van der Waals surface area contributed by atoms with Crippen molar-refractivity contribution in [3.05, 3.63) is 21.9 Å².